The van der Waals surface area contributed by atoms with E-state index in [1.807, 2.05) is 0 Å². The molecule has 6 heteroatoms. The van der Waals surface area contributed by atoms with E-state index in [-0.39, 0.29) is 6.61 Å². The molecule has 2 heterocycles. The zero-order valence-corrected chi connectivity index (χ0v) is 7.61. The summed E-state index contributed by atoms with van der Waals surface area (Å²) < 4.78 is 1.68. The van der Waals surface area contributed by atoms with Gasteiger partial charge in [-0.05, 0) is 0 Å². The Bertz CT molecular complexity index is 370. The van der Waals surface area contributed by atoms with Gasteiger partial charge in [-0.3, -0.25) is 4.98 Å². The predicted octanol–water partition coefficient (Wildman–Crippen LogP) is 0.275. The molecule has 1 N–H and O–H groups in total. The lowest BCUT2D eigenvalue weighted by Crippen LogP contribution is -1.98. The minimum absolute atomic E-state index is 0.0668. The van der Waals surface area contributed by atoms with Crippen molar-refractivity contribution in [1.29, 1.82) is 0 Å². The maximum Gasteiger partial charge on any atom is 0.108 e. The molecule has 0 saturated carbocycles. The molecule has 0 atom stereocenters. The van der Waals surface area contributed by atoms with Gasteiger partial charge in [0.05, 0.1) is 24.9 Å². The van der Waals surface area contributed by atoms with Crippen LogP contribution < -0.4 is 0 Å². The highest BCUT2D eigenvalue weighted by atomic mass is 32.1. The molecular weight excluding hydrogens is 188 g/mol. The van der Waals surface area contributed by atoms with Crippen LogP contribution in [-0.2, 0) is 13.2 Å². The van der Waals surface area contributed by atoms with Crippen LogP contribution in [0, 0.1) is 0 Å². The molecule has 2 aromatic rings. The Hall–Kier alpha value is -1.27. The molecule has 13 heavy (non-hydrogen) atoms. The molecule has 5 nitrogen and oxygen atoms in total. The lowest BCUT2D eigenvalue weighted by atomic mass is 10.5. The molecule has 0 aliphatic rings. The van der Waals surface area contributed by atoms with Gasteiger partial charge in [-0.1, -0.05) is 5.21 Å². The molecule has 2 aromatic heterocycles. The van der Waals surface area contributed by atoms with E-state index in [9.17, 15) is 0 Å². The lowest BCUT2D eigenvalue weighted by Gasteiger charge is -1.93. The first-order chi connectivity index (χ1) is 6.38. The van der Waals surface area contributed by atoms with Crippen molar-refractivity contribution < 1.29 is 5.11 Å². The second-order valence-corrected chi connectivity index (χ2v) is 3.50. The molecule has 68 valence electrons. The third kappa shape index (κ3) is 1.90. The van der Waals surface area contributed by atoms with Gasteiger partial charge < -0.3 is 5.11 Å². The van der Waals surface area contributed by atoms with E-state index in [0.29, 0.717) is 12.2 Å². The standard InChI is InChI=1S/C7H8N4OS/c12-4-6-2-11(10-9-6)3-7-1-8-5-13-7/h1-2,5,12H,3-4H2. The molecule has 0 aliphatic carbocycles. The highest BCUT2D eigenvalue weighted by molar-refractivity contribution is 7.09. The van der Waals surface area contributed by atoms with E-state index in [1.54, 1.807) is 33.9 Å². The number of hydrogen-bond donors (Lipinski definition) is 1. The average molecular weight is 196 g/mol. The number of aromatic nitrogens is 4. The highest BCUT2D eigenvalue weighted by Gasteiger charge is 2.00. The zero-order valence-electron chi connectivity index (χ0n) is 6.79. The fraction of sp³-hybridized carbons (Fsp3) is 0.286. The summed E-state index contributed by atoms with van der Waals surface area (Å²) in [6.45, 7) is 0.598. The normalized spacial score (nSPS) is 10.5. The summed E-state index contributed by atoms with van der Waals surface area (Å²) in [6.07, 6.45) is 3.52. The van der Waals surface area contributed by atoms with Crippen molar-refractivity contribution in [3.8, 4) is 0 Å². The summed E-state index contributed by atoms with van der Waals surface area (Å²) in [4.78, 5) is 5.07. The second kappa shape index (κ2) is 3.63. The minimum Gasteiger partial charge on any atom is -0.390 e. The highest BCUT2D eigenvalue weighted by Crippen LogP contribution is 2.07. The second-order valence-electron chi connectivity index (χ2n) is 2.53. The van der Waals surface area contributed by atoms with Crippen molar-refractivity contribution in [2.75, 3.05) is 0 Å². The molecule has 0 unspecified atom stereocenters. The van der Waals surface area contributed by atoms with E-state index in [4.69, 9.17) is 5.11 Å². The molecule has 0 amide bonds. The van der Waals surface area contributed by atoms with Crippen LogP contribution in [0.4, 0.5) is 0 Å². The molecule has 0 spiro atoms. The summed E-state index contributed by atoms with van der Waals surface area (Å²) >= 11 is 1.57. The van der Waals surface area contributed by atoms with Gasteiger partial charge in [-0.25, -0.2) is 4.68 Å². The Morgan fingerprint density at radius 1 is 1.54 bits per heavy atom. The molecular formula is C7H8N4OS. The number of thiazole rings is 1. The van der Waals surface area contributed by atoms with Crippen LogP contribution in [0.1, 0.15) is 10.6 Å². The largest absolute Gasteiger partial charge is 0.390 e. The van der Waals surface area contributed by atoms with Gasteiger partial charge in [0, 0.05) is 11.1 Å². The number of nitrogens with zero attached hydrogens (tertiary/aromatic N) is 4. The topological polar surface area (TPSA) is 63.8 Å². The Morgan fingerprint density at radius 3 is 3.08 bits per heavy atom. The van der Waals surface area contributed by atoms with Gasteiger partial charge in [-0.15, -0.1) is 16.4 Å². The van der Waals surface area contributed by atoms with Crippen molar-refractivity contribution in [3.05, 3.63) is 28.5 Å². The third-order valence-corrected chi connectivity index (χ3v) is 2.31. The van der Waals surface area contributed by atoms with Gasteiger partial charge >= 0.3 is 0 Å². The van der Waals surface area contributed by atoms with Crippen LogP contribution in [-0.4, -0.2) is 25.1 Å². The number of hydrogen-bond acceptors (Lipinski definition) is 5. The van der Waals surface area contributed by atoms with Crippen LogP contribution in [0.2, 0.25) is 0 Å². The molecule has 0 bridgehead atoms. The fourth-order valence-corrected chi connectivity index (χ4v) is 1.55. The Balaban J connectivity index is 2.10. The van der Waals surface area contributed by atoms with Crippen molar-refractivity contribution in [1.82, 2.24) is 20.0 Å². The molecule has 0 radical (unpaired) electrons. The van der Waals surface area contributed by atoms with Gasteiger partial charge in [0.1, 0.15) is 5.69 Å². The van der Waals surface area contributed by atoms with Crippen LogP contribution in [0.15, 0.2) is 17.9 Å². The van der Waals surface area contributed by atoms with Crippen molar-refractivity contribution in [2.24, 2.45) is 0 Å². The average Bonchev–Trinajstić information content (AvgIpc) is 2.76. The van der Waals surface area contributed by atoms with Gasteiger partial charge in [0.15, 0.2) is 0 Å². The SMILES string of the molecule is OCc1cn(Cc2cncs2)nn1. The van der Waals surface area contributed by atoms with E-state index in [0.717, 1.165) is 4.88 Å². The van der Waals surface area contributed by atoms with Crippen LogP contribution >= 0.6 is 11.3 Å². The Morgan fingerprint density at radius 2 is 2.46 bits per heavy atom. The van der Waals surface area contributed by atoms with Crippen LogP contribution in [0.25, 0.3) is 0 Å². The third-order valence-electron chi connectivity index (χ3n) is 1.55. The summed E-state index contributed by atoms with van der Waals surface area (Å²) in [5.74, 6) is 0. The number of rotatable bonds is 3. The minimum atomic E-state index is -0.0668. The zero-order chi connectivity index (χ0) is 9.10. The van der Waals surface area contributed by atoms with E-state index < -0.39 is 0 Å². The summed E-state index contributed by atoms with van der Waals surface area (Å²) in [5, 5.41) is 16.4. The molecule has 0 saturated heterocycles. The first-order valence-electron chi connectivity index (χ1n) is 3.75. The summed E-state index contributed by atoms with van der Waals surface area (Å²) in [5.41, 5.74) is 2.36. The smallest absolute Gasteiger partial charge is 0.108 e. The van der Waals surface area contributed by atoms with Crippen LogP contribution in [0.5, 0.6) is 0 Å². The lowest BCUT2D eigenvalue weighted by molar-refractivity contribution is 0.276. The van der Waals surface area contributed by atoms with E-state index in [1.165, 1.54) is 0 Å². The van der Waals surface area contributed by atoms with Crippen LogP contribution in [0.3, 0.4) is 0 Å². The fourth-order valence-electron chi connectivity index (χ4n) is 0.968. The summed E-state index contributed by atoms with van der Waals surface area (Å²) in [6, 6.07) is 0. The van der Waals surface area contributed by atoms with E-state index >= 15 is 0 Å². The van der Waals surface area contributed by atoms with Crippen molar-refractivity contribution in [3.63, 3.8) is 0 Å². The molecule has 0 fully saturated rings. The Kier molecular flexibility index (Phi) is 2.33. The molecule has 2 rings (SSSR count). The van der Waals surface area contributed by atoms with Gasteiger partial charge in [0.25, 0.3) is 0 Å². The summed E-state index contributed by atoms with van der Waals surface area (Å²) in [7, 11) is 0. The molecule has 0 aromatic carbocycles. The van der Waals surface area contributed by atoms with E-state index in [2.05, 4.69) is 15.3 Å². The molecule has 0 aliphatic heterocycles. The van der Waals surface area contributed by atoms with Crippen molar-refractivity contribution in [2.45, 2.75) is 13.2 Å². The monoisotopic (exact) mass is 196 g/mol. The van der Waals surface area contributed by atoms with Crippen molar-refractivity contribution >= 4 is 11.3 Å². The quantitative estimate of drug-likeness (QED) is 0.765. The maximum absolute atomic E-state index is 8.75. The maximum atomic E-state index is 8.75. The predicted molar refractivity (Wildman–Crippen MR) is 47.2 cm³/mol. The number of aliphatic hydroxyl groups excluding tert-OH is 1. The van der Waals surface area contributed by atoms with Gasteiger partial charge in [0.2, 0.25) is 0 Å². The Labute approximate surface area is 78.7 Å². The first kappa shape index (κ1) is 8.33. The van der Waals surface area contributed by atoms with Gasteiger partial charge in [-0.2, -0.15) is 0 Å². The number of aliphatic hydroxyl groups is 1. The first-order valence-corrected chi connectivity index (χ1v) is 4.63.